The Balaban J connectivity index is 3.84. The second-order valence-electron chi connectivity index (χ2n) is 3.32. The fraction of sp³-hybridized carbons (Fsp3) is 0.900. The van der Waals surface area contributed by atoms with Crippen molar-refractivity contribution in [3.05, 3.63) is 0 Å². The van der Waals surface area contributed by atoms with Crippen LogP contribution in [0.15, 0.2) is 0 Å². The van der Waals surface area contributed by atoms with Crippen molar-refractivity contribution in [1.29, 1.82) is 0 Å². The van der Waals surface area contributed by atoms with Crippen molar-refractivity contribution in [3.8, 4) is 0 Å². The molecule has 0 bridgehead atoms. The summed E-state index contributed by atoms with van der Waals surface area (Å²) >= 11 is 0. The summed E-state index contributed by atoms with van der Waals surface area (Å²) in [7, 11) is 1.83. The Hall–Kier alpha value is -0.610. The number of ether oxygens (including phenoxy) is 1. The Labute approximate surface area is 86.4 Å². The highest BCUT2D eigenvalue weighted by molar-refractivity contribution is 5.77. The predicted molar refractivity (Wildman–Crippen MR) is 57.0 cm³/mol. The van der Waals surface area contributed by atoms with E-state index in [-0.39, 0.29) is 12.5 Å². The van der Waals surface area contributed by atoms with E-state index < -0.39 is 0 Å². The summed E-state index contributed by atoms with van der Waals surface area (Å²) in [5.74, 6) is 0.0344. The van der Waals surface area contributed by atoms with Gasteiger partial charge in [-0.3, -0.25) is 4.79 Å². The van der Waals surface area contributed by atoms with Gasteiger partial charge in [-0.1, -0.05) is 13.8 Å². The molecule has 0 saturated carbocycles. The molecule has 2 N–H and O–H groups in total. The molecule has 0 aromatic rings. The molecule has 0 aromatic heterocycles. The summed E-state index contributed by atoms with van der Waals surface area (Å²) in [6, 6.07) is 0.323. The van der Waals surface area contributed by atoms with Gasteiger partial charge in [0.2, 0.25) is 5.91 Å². The van der Waals surface area contributed by atoms with Crippen molar-refractivity contribution in [2.24, 2.45) is 5.73 Å². The quantitative estimate of drug-likeness (QED) is 0.615. The number of likely N-dealkylation sites (N-methyl/N-ethyl adjacent to an activating group) is 1. The summed E-state index contributed by atoms with van der Waals surface area (Å²) in [5, 5.41) is 0. The molecule has 0 aliphatic heterocycles. The first kappa shape index (κ1) is 13.4. The van der Waals surface area contributed by atoms with E-state index in [1.807, 2.05) is 7.05 Å². The highest BCUT2D eigenvalue weighted by Crippen LogP contribution is 2.05. The van der Waals surface area contributed by atoms with Crippen LogP contribution in [0.3, 0.4) is 0 Å². The van der Waals surface area contributed by atoms with Gasteiger partial charge in [-0.05, 0) is 12.8 Å². The second kappa shape index (κ2) is 7.76. The first-order chi connectivity index (χ1) is 6.67. The molecule has 84 valence electrons. The molecular weight excluding hydrogens is 180 g/mol. The maximum absolute atomic E-state index is 11.5. The smallest absolute Gasteiger partial charge is 0.248 e. The molecule has 0 rings (SSSR count). The lowest BCUT2D eigenvalue weighted by molar-refractivity contribution is -0.136. The van der Waals surface area contributed by atoms with Gasteiger partial charge >= 0.3 is 0 Å². The minimum atomic E-state index is 0.0344. The summed E-state index contributed by atoms with van der Waals surface area (Å²) in [6.07, 6.45) is 1.96. The number of carbonyl (C=O) groups is 1. The van der Waals surface area contributed by atoms with Crippen LogP contribution in [0, 0.1) is 0 Å². The van der Waals surface area contributed by atoms with Crippen molar-refractivity contribution >= 4 is 5.91 Å². The standard InChI is InChI=1S/C10H22N2O2/c1-4-9(5-2)12(3)10(13)8-14-7-6-11/h9H,4-8,11H2,1-3H3. The molecule has 0 aliphatic rings. The third kappa shape index (κ3) is 4.58. The zero-order valence-corrected chi connectivity index (χ0v) is 9.45. The number of amides is 1. The monoisotopic (exact) mass is 202 g/mol. The number of nitrogens with zero attached hydrogens (tertiary/aromatic N) is 1. The maximum atomic E-state index is 11.5. The molecule has 0 fully saturated rings. The maximum Gasteiger partial charge on any atom is 0.248 e. The summed E-state index contributed by atoms with van der Waals surface area (Å²) < 4.78 is 5.09. The summed E-state index contributed by atoms with van der Waals surface area (Å²) in [4.78, 5) is 13.3. The number of carbonyl (C=O) groups excluding carboxylic acids is 1. The fourth-order valence-electron chi connectivity index (χ4n) is 1.38. The summed E-state index contributed by atoms with van der Waals surface area (Å²) in [5.41, 5.74) is 5.25. The molecule has 0 atom stereocenters. The number of hydrogen-bond donors (Lipinski definition) is 1. The molecule has 0 radical (unpaired) electrons. The van der Waals surface area contributed by atoms with Crippen LogP contribution in [0.25, 0.3) is 0 Å². The van der Waals surface area contributed by atoms with E-state index in [1.54, 1.807) is 4.90 Å². The van der Waals surface area contributed by atoms with Gasteiger partial charge in [-0.2, -0.15) is 0 Å². The predicted octanol–water partition coefficient (Wildman–Crippen LogP) is 0.609. The number of nitrogens with two attached hydrogens (primary N) is 1. The van der Waals surface area contributed by atoms with Gasteiger partial charge < -0.3 is 15.4 Å². The van der Waals surface area contributed by atoms with Crippen LogP contribution in [0.4, 0.5) is 0 Å². The van der Waals surface area contributed by atoms with Gasteiger partial charge in [-0.15, -0.1) is 0 Å². The number of rotatable bonds is 7. The normalized spacial score (nSPS) is 10.6. The van der Waals surface area contributed by atoms with Gasteiger partial charge in [-0.25, -0.2) is 0 Å². The Morgan fingerprint density at radius 1 is 1.43 bits per heavy atom. The summed E-state index contributed by atoms with van der Waals surface area (Å²) in [6.45, 7) is 5.21. The second-order valence-corrected chi connectivity index (χ2v) is 3.32. The Bertz CT molecular complexity index is 158. The largest absolute Gasteiger partial charge is 0.370 e. The minimum Gasteiger partial charge on any atom is -0.370 e. The lowest BCUT2D eigenvalue weighted by Crippen LogP contribution is -2.38. The Morgan fingerprint density at radius 3 is 2.43 bits per heavy atom. The van der Waals surface area contributed by atoms with Crippen LogP contribution in [-0.2, 0) is 9.53 Å². The Kier molecular flexibility index (Phi) is 7.42. The average Bonchev–Trinajstić information content (AvgIpc) is 2.19. The van der Waals surface area contributed by atoms with Gasteiger partial charge in [0.25, 0.3) is 0 Å². The van der Waals surface area contributed by atoms with Crippen LogP contribution >= 0.6 is 0 Å². The molecule has 14 heavy (non-hydrogen) atoms. The van der Waals surface area contributed by atoms with Crippen LogP contribution < -0.4 is 5.73 Å². The Morgan fingerprint density at radius 2 is 2.00 bits per heavy atom. The third-order valence-corrected chi connectivity index (χ3v) is 2.37. The SMILES string of the molecule is CCC(CC)N(C)C(=O)COCCN. The van der Waals surface area contributed by atoms with E-state index in [0.29, 0.717) is 19.2 Å². The lowest BCUT2D eigenvalue weighted by atomic mass is 10.1. The lowest BCUT2D eigenvalue weighted by Gasteiger charge is -2.26. The molecule has 0 saturated heterocycles. The molecule has 0 aliphatic carbocycles. The number of hydrogen-bond acceptors (Lipinski definition) is 3. The van der Waals surface area contributed by atoms with Crippen LogP contribution in [0.5, 0.6) is 0 Å². The molecule has 1 amide bonds. The fourth-order valence-corrected chi connectivity index (χ4v) is 1.38. The van der Waals surface area contributed by atoms with E-state index in [1.165, 1.54) is 0 Å². The van der Waals surface area contributed by atoms with E-state index in [0.717, 1.165) is 12.8 Å². The van der Waals surface area contributed by atoms with Gasteiger partial charge in [0, 0.05) is 19.6 Å². The zero-order valence-electron chi connectivity index (χ0n) is 9.45. The topological polar surface area (TPSA) is 55.6 Å². The zero-order chi connectivity index (χ0) is 11.0. The highest BCUT2D eigenvalue weighted by atomic mass is 16.5. The van der Waals surface area contributed by atoms with E-state index in [4.69, 9.17) is 10.5 Å². The van der Waals surface area contributed by atoms with Gasteiger partial charge in [0.15, 0.2) is 0 Å². The van der Waals surface area contributed by atoms with Gasteiger partial charge in [0.1, 0.15) is 6.61 Å². The van der Waals surface area contributed by atoms with Crippen molar-refractivity contribution < 1.29 is 9.53 Å². The van der Waals surface area contributed by atoms with E-state index in [9.17, 15) is 4.79 Å². The minimum absolute atomic E-state index is 0.0344. The third-order valence-electron chi connectivity index (χ3n) is 2.37. The molecule has 0 aromatic carbocycles. The molecule has 4 heteroatoms. The molecular formula is C10H22N2O2. The van der Waals surface area contributed by atoms with Crippen molar-refractivity contribution in [2.75, 3.05) is 26.8 Å². The van der Waals surface area contributed by atoms with Crippen LogP contribution in [-0.4, -0.2) is 43.7 Å². The molecule has 4 nitrogen and oxygen atoms in total. The molecule has 0 spiro atoms. The average molecular weight is 202 g/mol. The molecule has 0 heterocycles. The van der Waals surface area contributed by atoms with E-state index in [2.05, 4.69) is 13.8 Å². The van der Waals surface area contributed by atoms with E-state index >= 15 is 0 Å². The highest BCUT2D eigenvalue weighted by Gasteiger charge is 2.15. The van der Waals surface area contributed by atoms with Crippen molar-refractivity contribution in [3.63, 3.8) is 0 Å². The van der Waals surface area contributed by atoms with Gasteiger partial charge in [0.05, 0.1) is 6.61 Å². The molecule has 0 unspecified atom stereocenters. The van der Waals surface area contributed by atoms with Crippen LogP contribution in [0.1, 0.15) is 26.7 Å². The van der Waals surface area contributed by atoms with Crippen molar-refractivity contribution in [1.82, 2.24) is 4.90 Å². The first-order valence-corrected chi connectivity index (χ1v) is 5.20. The first-order valence-electron chi connectivity index (χ1n) is 5.20. The van der Waals surface area contributed by atoms with Crippen LogP contribution in [0.2, 0.25) is 0 Å². The van der Waals surface area contributed by atoms with Crippen molar-refractivity contribution in [2.45, 2.75) is 32.7 Å².